The first-order valence-corrected chi connectivity index (χ1v) is 7.17. The van der Waals surface area contributed by atoms with E-state index in [-0.39, 0.29) is 17.2 Å². The summed E-state index contributed by atoms with van der Waals surface area (Å²) < 4.78 is 0. The third kappa shape index (κ3) is 2.79. The van der Waals surface area contributed by atoms with Crippen LogP contribution >= 0.6 is 0 Å². The molecule has 1 saturated heterocycles. The van der Waals surface area contributed by atoms with E-state index in [2.05, 4.69) is 0 Å². The maximum absolute atomic E-state index is 12.5. The first-order chi connectivity index (χ1) is 10.4. The Labute approximate surface area is 127 Å². The Kier molecular flexibility index (Phi) is 4.44. The number of rotatable bonds is 4. The lowest BCUT2D eigenvalue weighted by molar-refractivity contribution is -0.385. The van der Waals surface area contributed by atoms with Gasteiger partial charge in [0, 0.05) is 29.8 Å². The van der Waals surface area contributed by atoms with Gasteiger partial charge in [-0.1, -0.05) is 13.0 Å². The van der Waals surface area contributed by atoms with E-state index in [4.69, 9.17) is 5.11 Å². The van der Waals surface area contributed by atoms with Crippen LogP contribution in [0.1, 0.15) is 36.2 Å². The summed E-state index contributed by atoms with van der Waals surface area (Å²) in [6, 6.07) is 4.01. The molecule has 1 aromatic rings. The van der Waals surface area contributed by atoms with E-state index in [1.807, 2.05) is 6.92 Å². The maximum atomic E-state index is 12.5. The number of hydrogen-bond donors (Lipinski definition) is 1. The molecule has 1 aliphatic rings. The fraction of sp³-hybridized carbons (Fsp3) is 0.467. The molecule has 2 atom stereocenters. The first kappa shape index (κ1) is 15.9. The van der Waals surface area contributed by atoms with Crippen molar-refractivity contribution in [1.82, 2.24) is 4.90 Å². The van der Waals surface area contributed by atoms with E-state index < -0.39 is 22.9 Å². The number of nitro groups is 1. The van der Waals surface area contributed by atoms with Crippen molar-refractivity contribution in [1.29, 1.82) is 0 Å². The van der Waals surface area contributed by atoms with Crippen molar-refractivity contribution in [3.63, 3.8) is 0 Å². The molecule has 1 heterocycles. The molecule has 0 aliphatic carbocycles. The number of nitrogens with zero attached hydrogens (tertiary/aromatic N) is 2. The summed E-state index contributed by atoms with van der Waals surface area (Å²) >= 11 is 0. The predicted octanol–water partition coefficient (Wildman–Crippen LogP) is 2.09. The maximum Gasteiger partial charge on any atom is 0.308 e. The highest BCUT2D eigenvalue weighted by atomic mass is 16.6. The molecule has 0 saturated carbocycles. The van der Waals surface area contributed by atoms with Gasteiger partial charge in [0.15, 0.2) is 0 Å². The second-order valence-electron chi connectivity index (χ2n) is 5.43. The van der Waals surface area contributed by atoms with Crippen molar-refractivity contribution in [3.05, 3.63) is 39.4 Å². The van der Waals surface area contributed by atoms with Crippen LogP contribution in [0.5, 0.6) is 0 Å². The number of likely N-dealkylation sites (tertiary alicyclic amines) is 1. The quantitative estimate of drug-likeness (QED) is 0.678. The third-order valence-electron chi connectivity index (χ3n) is 4.24. The fourth-order valence-corrected chi connectivity index (χ4v) is 2.89. The first-order valence-electron chi connectivity index (χ1n) is 7.17. The van der Waals surface area contributed by atoms with Gasteiger partial charge < -0.3 is 10.0 Å². The molecule has 1 aliphatic heterocycles. The molecule has 7 heteroatoms. The van der Waals surface area contributed by atoms with Crippen LogP contribution in [0.15, 0.2) is 18.2 Å². The predicted molar refractivity (Wildman–Crippen MR) is 78.7 cm³/mol. The topological polar surface area (TPSA) is 101 Å². The summed E-state index contributed by atoms with van der Waals surface area (Å²) in [7, 11) is 0. The van der Waals surface area contributed by atoms with Crippen molar-refractivity contribution in [2.75, 3.05) is 6.54 Å². The third-order valence-corrected chi connectivity index (χ3v) is 4.24. The average Bonchev–Trinajstić information content (AvgIpc) is 2.87. The van der Waals surface area contributed by atoms with Gasteiger partial charge >= 0.3 is 5.97 Å². The molecule has 0 radical (unpaired) electrons. The van der Waals surface area contributed by atoms with Gasteiger partial charge in [0.25, 0.3) is 11.6 Å². The van der Waals surface area contributed by atoms with E-state index >= 15 is 0 Å². The van der Waals surface area contributed by atoms with Crippen LogP contribution < -0.4 is 0 Å². The number of carbonyl (C=O) groups is 2. The molecule has 118 valence electrons. The Morgan fingerprint density at radius 1 is 1.45 bits per heavy atom. The molecule has 2 unspecified atom stereocenters. The molecule has 22 heavy (non-hydrogen) atoms. The summed E-state index contributed by atoms with van der Waals surface area (Å²) in [4.78, 5) is 35.7. The zero-order chi connectivity index (χ0) is 16.4. The lowest BCUT2D eigenvalue weighted by Gasteiger charge is -2.23. The Hall–Kier alpha value is -2.44. The molecule has 0 bridgehead atoms. The number of carboxylic acids is 1. The lowest BCUT2D eigenvalue weighted by atomic mass is 10.0. The highest BCUT2D eigenvalue weighted by Gasteiger charge is 2.38. The van der Waals surface area contributed by atoms with Crippen molar-refractivity contribution in [2.45, 2.75) is 32.7 Å². The summed E-state index contributed by atoms with van der Waals surface area (Å²) in [5.41, 5.74) is 0.719. The number of aryl methyl sites for hydroxylation is 1. The van der Waals surface area contributed by atoms with Crippen LogP contribution in [0.25, 0.3) is 0 Å². The largest absolute Gasteiger partial charge is 0.481 e. The van der Waals surface area contributed by atoms with Crippen LogP contribution in [0.2, 0.25) is 0 Å². The zero-order valence-corrected chi connectivity index (χ0v) is 12.5. The van der Waals surface area contributed by atoms with E-state index in [1.165, 1.54) is 11.0 Å². The minimum absolute atomic E-state index is 0.0741. The Bertz CT molecular complexity index is 628. The average molecular weight is 306 g/mol. The highest BCUT2D eigenvalue weighted by Crippen LogP contribution is 2.28. The van der Waals surface area contributed by atoms with Crippen LogP contribution in [0, 0.1) is 16.0 Å². The van der Waals surface area contributed by atoms with Crippen LogP contribution in [-0.2, 0) is 11.2 Å². The summed E-state index contributed by atoms with van der Waals surface area (Å²) in [6.45, 7) is 3.85. The number of carboxylic acid groups (broad SMARTS) is 1. The summed E-state index contributed by atoms with van der Waals surface area (Å²) in [5, 5.41) is 20.2. The number of nitro benzene ring substituents is 1. The van der Waals surface area contributed by atoms with Gasteiger partial charge in [-0.05, 0) is 25.8 Å². The van der Waals surface area contributed by atoms with Crippen LogP contribution in [0.3, 0.4) is 0 Å². The van der Waals surface area contributed by atoms with Gasteiger partial charge in [-0.15, -0.1) is 0 Å². The number of aliphatic carboxylic acids is 1. The van der Waals surface area contributed by atoms with Gasteiger partial charge in [-0.25, -0.2) is 0 Å². The zero-order valence-electron chi connectivity index (χ0n) is 12.5. The Morgan fingerprint density at radius 3 is 2.64 bits per heavy atom. The van der Waals surface area contributed by atoms with Crippen molar-refractivity contribution >= 4 is 17.6 Å². The molecular weight excluding hydrogens is 288 g/mol. The van der Waals surface area contributed by atoms with Crippen molar-refractivity contribution < 1.29 is 19.6 Å². The standard InChI is InChI=1S/C15H18N2O5/c1-3-10-4-5-11(8-13(10)17(21)22)14(18)16-7-6-12(9(16)2)15(19)20/h4-5,8-9,12H,3,6-7H2,1-2H3,(H,19,20). The van der Waals surface area contributed by atoms with E-state index in [0.29, 0.717) is 24.9 Å². The second-order valence-corrected chi connectivity index (χ2v) is 5.43. The van der Waals surface area contributed by atoms with Gasteiger partial charge in [-0.2, -0.15) is 0 Å². The SMILES string of the molecule is CCc1ccc(C(=O)N2CCC(C(=O)O)C2C)cc1[N+](=O)[O-]. The number of benzene rings is 1. The highest BCUT2D eigenvalue weighted by molar-refractivity contribution is 5.96. The number of amides is 1. The van der Waals surface area contributed by atoms with Gasteiger partial charge in [0.1, 0.15) is 0 Å². The molecular formula is C15H18N2O5. The molecule has 2 rings (SSSR count). The van der Waals surface area contributed by atoms with Crippen LogP contribution in [0.4, 0.5) is 5.69 Å². The van der Waals surface area contributed by atoms with Gasteiger partial charge in [-0.3, -0.25) is 19.7 Å². The van der Waals surface area contributed by atoms with Crippen LogP contribution in [-0.4, -0.2) is 39.4 Å². The smallest absolute Gasteiger partial charge is 0.308 e. The second kappa shape index (κ2) is 6.13. The Balaban J connectivity index is 2.29. The fourth-order valence-electron chi connectivity index (χ4n) is 2.89. The van der Waals surface area contributed by atoms with E-state index in [1.54, 1.807) is 19.1 Å². The molecule has 1 fully saturated rings. The summed E-state index contributed by atoms with van der Waals surface area (Å²) in [6.07, 6.45) is 0.906. The Morgan fingerprint density at radius 2 is 2.14 bits per heavy atom. The molecule has 1 N–H and O–H groups in total. The summed E-state index contributed by atoms with van der Waals surface area (Å²) in [5.74, 6) is -1.87. The number of hydrogen-bond acceptors (Lipinski definition) is 4. The van der Waals surface area contributed by atoms with Gasteiger partial charge in [0.2, 0.25) is 0 Å². The minimum atomic E-state index is -0.921. The minimum Gasteiger partial charge on any atom is -0.481 e. The van der Waals surface area contributed by atoms with Crippen molar-refractivity contribution in [2.24, 2.45) is 5.92 Å². The number of carbonyl (C=O) groups excluding carboxylic acids is 1. The van der Waals surface area contributed by atoms with Gasteiger partial charge in [0.05, 0.1) is 10.8 Å². The normalized spacial score (nSPS) is 20.9. The molecule has 7 nitrogen and oxygen atoms in total. The monoisotopic (exact) mass is 306 g/mol. The molecule has 1 aromatic carbocycles. The lowest BCUT2D eigenvalue weighted by Crippen LogP contribution is -2.37. The van der Waals surface area contributed by atoms with Crippen molar-refractivity contribution in [3.8, 4) is 0 Å². The molecule has 1 amide bonds. The van der Waals surface area contributed by atoms with E-state index in [9.17, 15) is 19.7 Å². The molecule has 0 spiro atoms. The van der Waals surface area contributed by atoms with E-state index in [0.717, 1.165) is 0 Å². The molecule has 0 aromatic heterocycles.